The average Bonchev–Trinajstić information content (AvgIpc) is 2.94. The fourth-order valence-corrected chi connectivity index (χ4v) is 4.85. The lowest BCUT2D eigenvalue weighted by atomic mass is 9.80. The zero-order chi connectivity index (χ0) is 19.3. The van der Waals surface area contributed by atoms with Crippen LogP contribution < -0.4 is 0 Å². The second kappa shape index (κ2) is 6.58. The molecule has 0 saturated carbocycles. The number of hydrogen-bond donors (Lipinski definition) is 1. The van der Waals surface area contributed by atoms with E-state index in [-0.39, 0.29) is 5.56 Å². The Morgan fingerprint density at radius 3 is 2.58 bits per heavy atom. The zero-order valence-electron chi connectivity index (χ0n) is 14.9. The second-order valence-corrected chi connectivity index (χ2v) is 9.45. The summed E-state index contributed by atoms with van der Waals surface area (Å²) in [4.78, 5) is 14.3. The molecule has 1 aromatic rings. The molecule has 0 aromatic carbocycles. The van der Waals surface area contributed by atoms with Gasteiger partial charge in [-0.05, 0) is 39.7 Å². The molecule has 1 aromatic heterocycles. The Bertz CT molecular complexity index is 697. The minimum Gasteiger partial charge on any atom is -0.444 e. The second-order valence-electron chi connectivity index (χ2n) is 7.77. The summed E-state index contributed by atoms with van der Waals surface area (Å²) in [5, 5.41) is 10.4. The van der Waals surface area contributed by atoms with Gasteiger partial charge < -0.3 is 19.5 Å². The number of thiophene rings is 1. The Morgan fingerprint density at radius 2 is 2.04 bits per heavy atom. The van der Waals surface area contributed by atoms with Gasteiger partial charge in [0.1, 0.15) is 11.2 Å². The van der Waals surface area contributed by atoms with Crippen molar-refractivity contribution in [2.24, 2.45) is 0 Å². The number of fused-ring (bicyclic) bond motifs is 2. The molecular weight excluding hydrogens is 388 g/mol. The minimum atomic E-state index is -2.98. The molecule has 5 nitrogen and oxygen atoms in total. The first-order valence-electron chi connectivity index (χ1n) is 8.40. The molecule has 0 bridgehead atoms. The van der Waals surface area contributed by atoms with Gasteiger partial charge >= 0.3 is 6.09 Å². The first kappa shape index (κ1) is 19.8. The van der Waals surface area contributed by atoms with E-state index < -0.39 is 35.9 Å². The predicted octanol–water partition coefficient (Wildman–Crippen LogP) is 4.11. The van der Waals surface area contributed by atoms with Crippen molar-refractivity contribution in [2.75, 3.05) is 19.7 Å². The largest absolute Gasteiger partial charge is 0.444 e. The predicted molar refractivity (Wildman–Crippen MR) is 93.9 cm³/mol. The Labute approximate surface area is 159 Å². The van der Waals surface area contributed by atoms with Crippen LogP contribution in [0.2, 0.25) is 4.34 Å². The number of piperidine rings is 1. The summed E-state index contributed by atoms with van der Waals surface area (Å²) in [5.41, 5.74) is -3.62. The molecule has 9 heteroatoms. The van der Waals surface area contributed by atoms with E-state index >= 15 is 0 Å². The van der Waals surface area contributed by atoms with Crippen LogP contribution in [0.5, 0.6) is 0 Å². The maximum atomic E-state index is 13.4. The van der Waals surface area contributed by atoms with Crippen LogP contribution in [0.4, 0.5) is 13.6 Å². The Hall–Kier alpha value is -0.960. The van der Waals surface area contributed by atoms with Crippen LogP contribution in [-0.4, -0.2) is 47.8 Å². The summed E-state index contributed by atoms with van der Waals surface area (Å²) in [7, 11) is 0. The van der Waals surface area contributed by atoms with Gasteiger partial charge in [0.05, 0.1) is 10.9 Å². The normalized spacial score (nSPS) is 25.5. The highest BCUT2D eigenvalue weighted by atomic mass is 35.5. The van der Waals surface area contributed by atoms with E-state index in [1.54, 1.807) is 25.7 Å². The molecule has 1 atom stereocenters. The molecule has 1 unspecified atom stereocenters. The van der Waals surface area contributed by atoms with Crippen LogP contribution in [0.15, 0.2) is 6.07 Å². The molecule has 2 aliphatic heterocycles. The first-order chi connectivity index (χ1) is 12.0. The van der Waals surface area contributed by atoms with Crippen LogP contribution in [0.1, 0.15) is 44.1 Å². The maximum absolute atomic E-state index is 13.4. The highest BCUT2D eigenvalue weighted by Crippen LogP contribution is 2.52. The van der Waals surface area contributed by atoms with Crippen molar-refractivity contribution in [3.63, 3.8) is 0 Å². The van der Waals surface area contributed by atoms with E-state index in [9.17, 15) is 18.7 Å². The Balaban J connectivity index is 1.81. The number of nitrogens with zero attached hydrogens (tertiary/aromatic N) is 1. The van der Waals surface area contributed by atoms with Crippen LogP contribution in [0.3, 0.4) is 0 Å². The molecule has 3 rings (SSSR count). The summed E-state index contributed by atoms with van der Waals surface area (Å²) < 4.78 is 38.4. The van der Waals surface area contributed by atoms with Crippen molar-refractivity contribution >= 4 is 29.0 Å². The summed E-state index contributed by atoms with van der Waals surface area (Å²) in [6.07, 6.45) is -2.53. The number of carbonyl (C=O) groups is 1. The molecule has 146 valence electrons. The van der Waals surface area contributed by atoms with E-state index in [0.717, 1.165) is 11.3 Å². The number of halogens is 3. The fourth-order valence-electron chi connectivity index (χ4n) is 3.34. The molecule has 2 aliphatic rings. The van der Waals surface area contributed by atoms with Gasteiger partial charge in [0.25, 0.3) is 6.43 Å². The molecule has 1 N–H and O–H groups in total. The van der Waals surface area contributed by atoms with Crippen molar-refractivity contribution < 1.29 is 28.2 Å². The van der Waals surface area contributed by atoms with E-state index in [0.29, 0.717) is 35.1 Å². The lowest BCUT2D eigenvalue weighted by Gasteiger charge is -2.47. The van der Waals surface area contributed by atoms with Crippen LogP contribution in [0, 0.1) is 0 Å². The molecule has 3 heterocycles. The van der Waals surface area contributed by atoms with Gasteiger partial charge in [0.2, 0.25) is 0 Å². The lowest BCUT2D eigenvalue weighted by Crippen LogP contribution is -2.53. The van der Waals surface area contributed by atoms with E-state index in [1.807, 2.05) is 0 Å². The van der Waals surface area contributed by atoms with Crippen molar-refractivity contribution in [1.82, 2.24) is 4.90 Å². The van der Waals surface area contributed by atoms with Crippen LogP contribution in [-0.2, 0) is 20.7 Å². The molecule has 1 fully saturated rings. The molecular formula is C17H22ClF2NO4S. The third-order valence-electron chi connectivity index (χ3n) is 4.73. The molecule has 0 aliphatic carbocycles. The topological polar surface area (TPSA) is 59.0 Å². The van der Waals surface area contributed by atoms with Crippen molar-refractivity contribution in [1.29, 1.82) is 0 Å². The third kappa shape index (κ3) is 3.44. The van der Waals surface area contributed by atoms with Crippen LogP contribution in [0.25, 0.3) is 0 Å². The summed E-state index contributed by atoms with van der Waals surface area (Å²) in [6.45, 7) is 5.63. The fraction of sp³-hybridized carbons (Fsp3) is 0.706. The number of likely N-dealkylation sites (tertiary alicyclic amines) is 1. The van der Waals surface area contributed by atoms with Gasteiger partial charge in [-0.15, -0.1) is 11.3 Å². The molecule has 1 amide bonds. The number of aliphatic hydroxyl groups is 1. The molecule has 0 radical (unpaired) electrons. The van der Waals surface area contributed by atoms with Crippen molar-refractivity contribution in [3.05, 3.63) is 20.8 Å². The SMILES string of the molecule is CC(C)(C)OC(=O)N1CCC2(CC1)OCC(O)(C(F)F)c1cc(Cl)sc12. The molecule has 26 heavy (non-hydrogen) atoms. The minimum absolute atomic E-state index is 0.138. The number of hydrogen-bond acceptors (Lipinski definition) is 5. The van der Waals surface area contributed by atoms with Crippen molar-refractivity contribution in [3.8, 4) is 0 Å². The number of amides is 1. The van der Waals surface area contributed by atoms with E-state index in [4.69, 9.17) is 21.1 Å². The van der Waals surface area contributed by atoms with E-state index in [2.05, 4.69) is 0 Å². The average molecular weight is 410 g/mol. The van der Waals surface area contributed by atoms with Gasteiger partial charge in [-0.3, -0.25) is 0 Å². The van der Waals surface area contributed by atoms with Gasteiger partial charge in [-0.1, -0.05) is 11.6 Å². The number of ether oxygens (including phenoxy) is 2. The highest BCUT2D eigenvalue weighted by molar-refractivity contribution is 7.16. The quantitative estimate of drug-likeness (QED) is 0.758. The van der Waals surface area contributed by atoms with Gasteiger partial charge in [-0.25, -0.2) is 13.6 Å². The summed E-state index contributed by atoms with van der Waals surface area (Å²) >= 11 is 7.21. The van der Waals surface area contributed by atoms with Gasteiger partial charge in [0, 0.05) is 23.5 Å². The zero-order valence-corrected chi connectivity index (χ0v) is 16.4. The standard InChI is InChI=1S/C17H22ClF2NO4S/c1-15(2,3)25-14(22)21-6-4-16(5-7-21)12-10(8-11(18)26-12)17(23,9-24-16)13(19)20/h8,13,23H,4-7,9H2,1-3H3. The number of alkyl halides is 2. The third-order valence-corrected chi connectivity index (χ3v) is 6.18. The smallest absolute Gasteiger partial charge is 0.410 e. The Kier molecular flexibility index (Phi) is 5.01. The lowest BCUT2D eigenvalue weighted by molar-refractivity contribution is -0.205. The maximum Gasteiger partial charge on any atom is 0.410 e. The summed E-state index contributed by atoms with van der Waals surface area (Å²) in [6, 6.07) is 1.40. The van der Waals surface area contributed by atoms with Gasteiger partial charge in [0.15, 0.2) is 5.60 Å². The van der Waals surface area contributed by atoms with Crippen molar-refractivity contribution in [2.45, 2.75) is 56.8 Å². The Morgan fingerprint density at radius 1 is 1.42 bits per heavy atom. The van der Waals surface area contributed by atoms with Crippen LogP contribution >= 0.6 is 22.9 Å². The van der Waals surface area contributed by atoms with Gasteiger partial charge in [-0.2, -0.15) is 0 Å². The highest BCUT2D eigenvalue weighted by Gasteiger charge is 2.54. The number of rotatable bonds is 1. The first-order valence-corrected chi connectivity index (χ1v) is 9.59. The summed E-state index contributed by atoms with van der Waals surface area (Å²) in [5.74, 6) is 0. The molecule has 1 spiro atoms. The van der Waals surface area contributed by atoms with E-state index in [1.165, 1.54) is 6.07 Å². The number of carbonyl (C=O) groups excluding carboxylic acids is 1. The molecule has 1 saturated heterocycles. The monoisotopic (exact) mass is 409 g/mol.